The molecule has 2 saturated heterocycles. The van der Waals surface area contributed by atoms with Crippen LogP contribution in [0.25, 0.3) is 0 Å². The Hall–Kier alpha value is -3.35. The highest BCUT2D eigenvalue weighted by atomic mass is 19.4. The molecule has 3 atom stereocenters. The molecule has 47 heavy (non-hydrogen) atoms. The molecule has 3 aliphatic rings. The second kappa shape index (κ2) is 18.3. The Morgan fingerprint density at radius 3 is 2.38 bits per heavy atom. The van der Waals surface area contributed by atoms with Gasteiger partial charge in [0.2, 0.25) is 0 Å². The maximum Gasteiger partial charge on any atom is 0.416 e. The number of amides is 1. The van der Waals surface area contributed by atoms with Crippen LogP contribution in [0.1, 0.15) is 79.8 Å². The van der Waals surface area contributed by atoms with Gasteiger partial charge in [0, 0.05) is 56.9 Å². The van der Waals surface area contributed by atoms with E-state index in [1.165, 1.54) is 17.7 Å². The lowest BCUT2D eigenvalue weighted by Gasteiger charge is -2.21. The lowest BCUT2D eigenvalue weighted by Crippen LogP contribution is -2.35. The molecule has 0 saturated carbocycles. The Labute approximate surface area is 276 Å². The summed E-state index contributed by atoms with van der Waals surface area (Å²) in [5.74, 6) is 1.40. The van der Waals surface area contributed by atoms with Crippen molar-refractivity contribution in [2.24, 2.45) is 13.0 Å². The van der Waals surface area contributed by atoms with Crippen LogP contribution in [0, 0.1) is 5.92 Å². The lowest BCUT2D eigenvalue weighted by molar-refractivity contribution is -0.138. The molecule has 3 unspecified atom stereocenters. The standard InChI is InChI=1S/C17H15F3N2O.C8H15FN2.C8H15N3.C2H6/c1-21-9-11-7-13-14(15(8-11)17(18,19)20)10-22(16(13)23)12-5-3-2-4-6-12;9-7-2-4-11(6-7)8-1-3-10-5-8;1-4-7(2)5-8-10-9-6-11(8)3;1-2/h2-8,21H,9-10H2,1H3;7-8,10H,1-6H2;6-7H,4-5H2,1-3H3;1-2H3. The van der Waals surface area contributed by atoms with E-state index in [9.17, 15) is 22.4 Å². The summed E-state index contributed by atoms with van der Waals surface area (Å²) >= 11 is 0. The number of alkyl halides is 4. The minimum atomic E-state index is -4.49. The molecule has 6 rings (SSSR count). The van der Waals surface area contributed by atoms with Gasteiger partial charge in [0.15, 0.2) is 0 Å². The van der Waals surface area contributed by atoms with Gasteiger partial charge in [-0.2, -0.15) is 13.2 Å². The van der Waals surface area contributed by atoms with Gasteiger partial charge in [0.25, 0.3) is 5.91 Å². The van der Waals surface area contributed by atoms with Crippen molar-refractivity contribution in [1.29, 1.82) is 0 Å². The second-order valence-electron chi connectivity index (χ2n) is 12.0. The first kappa shape index (κ1) is 38.1. The Kier molecular flexibility index (Phi) is 14.8. The number of fused-ring (bicyclic) bond motifs is 1. The monoisotopic (exact) mass is 661 g/mol. The number of nitrogens with zero attached hydrogens (tertiary/aromatic N) is 5. The molecule has 2 aromatic carbocycles. The molecule has 0 aliphatic carbocycles. The van der Waals surface area contributed by atoms with Crippen LogP contribution in [0.4, 0.5) is 23.2 Å². The molecule has 1 amide bonds. The largest absolute Gasteiger partial charge is 0.416 e. The number of carbonyl (C=O) groups excluding carboxylic acids is 1. The smallest absolute Gasteiger partial charge is 0.321 e. The fourth-order valence-corrected chi connectivity index (χ4v) is 5.82. The summed E-state index contributed by atoms with van der Waals surface area (Å²) in [6, 6.07) is 12.0. The number of aromatic nitrogens is 3. The van der Waals surface area contributed by atoms with E-state index in [2.05, 4.69) is 39.6 Å². The summed E-state index contributed by atoms with van der Waals surface area (Å²) in [5.41, 5.74) is 0.492. The fraction of sp³-hybridized carbons (Fsp3) is 0.571. The first-order chi connectivity index (χ1) is 22.5. The summed E-state index contributed by atoms with van der Waals surface area (Å²) in [6.45, 7) is 12.4. The van der Waals surface area contributed by atoms with Crippen molar-refractivity contribution in [2.45, 2.75) is 84.9 Å². The highest BCUT2D eigenvalue weighted by Gasteiger charge is 2.40. The Balaban J connectivity index is 0.000000209. The van der Waals surface area contributed by atoms with Crippen LogP contribution >= 0.6 is 0 Å². The Bertz CT molecular complexity index is 1380. The highest BCUT2D eigenvalue weighted by Crippen LogP contribution is 2.39. The Morgan fingerprint density at radius 1 is 1.13 bits per heavy atom. The third kappa shape index (κ3) is 10.6. The van der Waals surface area contributed by atoms with E-state index in [4.69, 9.17) is 0 Å². The zero-order chi connectivity index (χ0) is 34.6. The van der Waals surface area contributed by atoms with E-state index in [0.29, 0.717) is 29.8 Å². The summed E-state index contributed by atoms with van der Waals surface area (Å²) in [7, 11) is 3.64. The van der Waals surface area contributed by atoms with Crippen LogP contribution < -0.4 is 15.5 Å². The van der Waals surface area contributed by atoms with Gasteiger partial charge in [-0.15, -0.1) is 10.2 Å². The first-order valence-corrected chi connectivity index (χ1v) is 16.7. The van der Waals surface area contributed by atoms with E-state index in [0.717, 1.165) is 44.4 Å². The van der Waals surface area contributed by atoms with Gasteiger partial charge < -0.3 is 20.1 Å². The van der Waals surface area contributed by atoms with E-state index < -0.39 is 23.8 Å². The molecule has 0 radical (unpaired) electrons. The first-order valence-electron chi connectivity index (χ1n) is 16.7. The third-order valence-corrected chi connectivity index (χ3v) is 8.60. The summed E-state index contributed by atoms with van der Waals surface area (Å²) in [6.07, 6.45) is 0.886. The van der Waals surface area contributed by atoms with Crippen LogP contribution in [-0.4, -0.2) is 71.0 Å². The van der Waals surface area contributed by atoms with Gasteiger partial charge >= 0.3 is 6.18 Å². The van der Waals surface area contributed by atoms with Crippen LogP contribution in [0.3, 0.4) is 0 Å². The number of hydrogen-bond acceptors (Lipinski definition) is 6. The van der Waals surface area contributed by atoms with Gasteiger partial charge in [0.1, 0.15) is 18.3 Å². The number of para-hydroxylation sites is 1. The maximum atomic E-state index is 13.4. The number of likely N-dealkylation sites (tertiary alicyclic amines) is 1. The molecule has 1 aromatic heterocycles. The van der Waals surface area contributed by atoms with Crippen molar-refractivity contribution in [3.05, 3.63) is 76.9 Å². The molecule has 4 heterocycles. The quantitative estimate of drug-likeness (QED) is 0.285. The number of benzene rings is 2. The molecule has 2 N–H and O–H groups in total. The number of anilines is 1. The van der Waals surface area contributed by atoms with Crippen LogP contribution in [-0.2, 0) is 32.7 Å². The zero-order valence-electron chi connectivity index (χ0n) is 28.6. The Morgan fingerprint density at radius 2 is 1.85 bits per heavy atom. The van der Waals surface area contributed by atoms with E-state index in [1.54, 1.807) is 49.8 Å². The highest BCUT2D eigenvalue weighted by molar-refractivity contribution is 6.10. The normalized spacial score (nSPS) is 19.6. The van der Waals surface area contributed by atoms with Crippen LogP contribution in [0.2, 0.25) is 0 Å². The third-order valence-electron chi connectivity index (χ3n) is 8.60. The second-order valence-corrected chi connectivity index (χ2v) is 12.0. The number of halogens is 4. The maximum absolute atomic E-state index is 13.4. The number of nitrogens with one attached hydrogen (secondary N) is 2. The number of carbonyl (C=O) groups is 1. The van der Waals surface area contributed by atoms with Crippen LogP contribution in [0.15, 0.2) is 48.8 Å². The van der Waals surface area contributed by atoms with Crippen molar-refractivity contribution in [3.63, 3.8) is 0 Å². The summed E-state index contributed by atoms with van der Waals surface area (Å²) < 4.78 is 54.9. The molecule has 0 spiro atoms. The van der Waals surface area contributed by atoms with E-state index >= 15 is 0 Å². The number of rotatable bonds is 7. The molecular formula is C35H51F4N7O. The van der Waals surface area contributed by atoms with Crippen molar-refractivity contribution < 1.29 is 22.4 Å². The van der Waals surface area contributed by atoms with Gasteiger partial charge in [0.05, 0.1) is 12.1 Å². The fourth-order valence-electron chi connectivity index (χ4n) is 5.82. The molecule has 12 heteroatoms. The minimum Gasteiger partial charge on any atom is -0.321 e. The molecule has 3 aliphatic heterocycles. The van der Waals surface area contributed by atoms with Gasteiger partial charge in [-0.1, -0.05) is 52.3 Å². The summed E-state index contributed by atoms with van der Waals surface area (Å²) in [4.78, 5) is 16.2. The van der Waals surface area contributed by atoms with E-state index in [1.807, 2.05) is 25.5 Å². The predicted molar refractivity (Wildman–Crippen MR) is 179 cm³/mol. The molecule has 8 nitrogen and oxygen atoms in total. The van der Waals surface area contributed by atoms with Crippen molar-refractivity contribution >= 4 is 11.6 Å². The number of hydrogen-bond donors (Lipinski definition) is 2. The lowest BCUT2D eigenvalue weighted by atomic mass is 9.99. The van der Waals surface area contributed by atoms with Crippen molar-refractivity contribution in [3.8, 4) is 0 Å². The van der Waals surface area contributed by atoms with E-state index in [-0.39, 0.29) is 24.2 Å². The average Bonchev–Trinajstić information content (AvgIpc) is 3.88. The molecule has 2 fully saturated rings. The van der Waals surface area contributed by atoms with Gasteiger partial charge in [-0.3, -0.25) is 9.69 Å². The SMILES string of the molecule is CC.CCC(C)Cc1nncn1C.CNCc1cc2c(c(C(F)(F)F)c1)CN(c1ccccc1)C2=O.FC1CCN(C2CCNC2)C1. The zero-order valence-corrected chi connectivity index (χ0v) is 28.6. The topological polar surface area (TPSA) is 78.3 Å². The van der Waals surface area contributed by atoms with Gasteiger partial charge in [-0.05, 0) is 67.7 Å². The average molecular weight is 662 g/mol. The van der Waals surface area contributed by atoms with Crippen molar-refractivity contribution in [2.75, 3.05) is 38.1 Å². The molecule has 260 valence electrons. The molecule has 0 bridgehead atoms. The number of aryl methyl sites for hydroxylation is 1. The molecular weight excluding hydrogens is 610 g/mol. The van der Waals surface area contributed by atoms with Crippen LogP contribution in [0.5, 0.6) is 0 Å². The summed E-state index contributed by atoms with van der Waals surface area (Å²) in [5, 5.41) is 14.0. The minimum absolute atomic E-state index is 0.0474. The van der Waals surface area contributed by atoms with Crippen molar-refractivity contribution in [1.82, 2.24) is 30.3 Å². The molecule has 3 aromatic rings. The van der Waals surface area contributed by atoms with Gasteiger partial charge in [-0.25, -0.2) is 4.39 Å². The predicted octanol–water partition coefficient (Wildman–Crippen LogP) is 6.41.